The fraction of sp³-hybridized carbons (Fsp3) is 0.714. The monoisotopic (exact) mass is 198 g/mol. The van der Waals surface area contributed by atoms with Crippen molar-refractivity contribution in [3.05, 3.63) is 12.7 Å². The van der Waals surface area contributed by atoms with Crippen molar-refractivity contribution in [1.29, 1.82) is 0 Å². The van der Waals surface area contributed by atoms with Crippen molar-refractivity contribution in [3.63, 3.8) is 0 Å². The van der Waals surface area contributed by atoms with E-state index in [4.69, 9.17) is 5.73 Å². The first-order chi connectivity index (χ1) is 4.33. The second-order valence-electron chi connectivity index (χ2n) is 2.60. The van der Waals surface area contributed by atoms with Crippen LogP contribution in [-0.2, 0) is 0 Å². The summed E-state index contributed by atoms with van der Waals surface area (Å²) in [7, 11) is 0. The average Bonchev–Trinajstić information content (AvgIpc) is 2.17. The Morgan fingerprint density at radius 1 is 1.55 bits per heavy atom. The van der Waals surface area contributed by atoms with Crippen LogP contribution in [0.15, 0.2) is 12.7 Å². The molecule has 0 radical (unpaired) electrons. The quantitative estimate of drug-likeness (QED) is 0.673. The maximum Gasteiger partial charge on any atom is 0.0180 e. The molecule has 1 heterocycles. The minimum atomic E-state index is 0. The molecule has 0 aliphatic carbocycles. The van der Waals surface area contributed by atoms with Crippen LogP contribution >= 0.6 is 24.8 Å². The minimum absolute atomic E-state index is 0. The summed E-state index contributed by atoms with van der Waals surface area (Å²) < 4.78 is 0. The molecule has 0 amide bonds. The normalized spacial score (nSPS) is 23.5. The molecule has 1 aliphatic heterocycles. The van der Waals surface area contributed by atoms with Gasteiger partial charge in [0.05, 0.1) is 0 Å². The fourth-order valence-corrected chi connectivity index (χ4v) is 1.21. The Bertz CT molecular complexity index is 109. The molecule has 0 saturated carbocycles. The van der Waals surface area contributed by atoms with E-state index in [0.29, 0.717) is 6.04 Å². The lowest BCUT2D eigenvalue weighted by molar-refractivity contribution is 0.372. The number of hydrogen-bond donors (Lipinski definition) is 1. The Balaban J connectivity index is 0. The van der Waals surface area contributed by atoms with E-state index in [-0.39, 0.29) is 24.8 Å². The van der Waals surface area contributed by atoms with Gasteiger partial charge in [0.15, 0.2) is 0 Å². The van der Waals surface area contributed by atoms with Crippen LogP contribution in [0.5, 0.6) is 0 Å². The van der Waals surface area contributed by atoms with E-state index in [9.17, 15) is 0 Å². The number of nitrogens with zero attached hydrogens (tertiary/aromatic N) is 1. The van der Waals surface area contributed by atoms with Gasteiger partial charge in [-0.2, -0.15) is 0 Å². The van der Waals surface area contributed by atoms with E-state index < -0.39 is 0 Å². The molecular formula is C7H16Cl2N2. The Morgan fingerprint density at radius 3 is 2.55 bits per heavy atom. The summed E-state index contributed by atoms with van der Waals surface area (Å²) in [5.74, 6) is 0. The van der Waals surface area contributed by atoms with Crippen molar-refractivity contribution in [1.82, 2.24) is 4.90 Å². The third kappa shape index (κ3) is 4.64. The van der Waals surface area contributed by atoms with E-state index in [1.807, 2.05) is 6.08 Å². The van der Waals surface area contributed by atoms with Gasteiger partial charge in [-0.1, -0.05) is 6.08 Å². The van der Waals surface area contributed by atoms with Gasteiger partial charge >= 0.3 is 0 Å². The SMILES string of the molecule is C=CCN1CCC(N)C1.Cl.Cl. The molecule has 1 fully saturated rings. The first kappa shape index (κ1) is 13.8. The average molecular weight is 199 g/mol. The maximum atomic E-state index is 5.68. The third-order valence-electron chi connectivity index (χ3n) is 1.70. The molecule has 0 aromatic rings. The van der Waals surface area contributed by atoms with Gasteiger partial charge in [-0.3, -0.25) is 4.90 Å². The van der Waals surface area contributed by atoms with Gasteiger partial charge in [-0.25, -0.2) is 0 Å². The van der Waals surface area contributed by atoms with E-state index >= 15 is 0 Å². The van der Waals surface area contributed by atoms with Crippen molar-refractivity contribution >= 4 is 24.8 Å². The van der Waals surface area contributed by atoms with Crippen LogP contribution in [0.4, 0.5) is 0 Å². The predicted octanol–water partition coefficient (Wildman–Crippen LogP) is 1.05. The van der Waals surface area contributed by atoms with Crippen LogP contribution in [0.25, 0.3) is 0 Å². The number of rotatable bonds is 2. The van der Waals surface area contributed by atoms with Crippen LogP contribution in [0.2, 0.25) is 0 Å². The molecule has 4 heteroatoms. The number of halogens is 2. The standard InChI is InChI=1S/C7H14N2.2ClH/c1-2-4-9-5-3-7(8)6-9;;/h2,7H,1,3-6,8H2;2*1H. The summed E-state index contributed by atoms with van der Waals surface area (Å²) in [6.45, 7) is 6.85. The van der Waals surface area contributed by atoms with E-state index in [0.717, 1.165) is 26.1 Å². The van der Waals surface area contributed by atoms with Gasteiger partial charge in [0, 0.05) is 25.7 Å². The topological polar surface area (TPSA) is 29.3 Å². The Labute approximate surface area is 80.6 Å². The largest absolute Gasteiger partial charge is 0.326 e. The summed E-state index contributed by atoms with van der Waals surface area (Å²) in [6, 6.07) is 0.407. The molecular weight excluding hydrogens is 183 g/mol. The Hall–Kier alpha value is 0.240. The Morgan fingerprint density at radius 2 is 2.18 bits per heavy atom. The van der Waals surface area contributed by atoms with E-state index in [1.165, 1.54) is 0 Å². The summed E-state index contributed by atoms with van der Waals surface area (Å²) >= 11 is 0. The third-order valence-corrected chi connectivity index (χ3v) is 1.70. The lowest BCUT2D eigenvalue weighted by Crippen LogP contribution is -2.26. The number of hydrogen-bond acceptors (Lipinski definition) is 2. The van der Waals surface area contributed by atoms with Crippen molar-refractivity contribution in [2.45, 2.75) is 12.5 Å². The van der Waals surface area contributed by atoms with Crippen LogP contribution in [-0.4, -0.2) is 30.6 Å². The predicted molar refractivity (Wildman–Crippen MR) is 53.7 cm³/mol. The molecule has 0 spiro atoms. The molecule has 0 bridgehead atoms. The summed E-state index contributed by atoms with van der Waals surface area (Å²) in [5.41, 5.74) is 5.68. The summed E-state index contributed by atoms with van der Waals surface area (Å²) in [4.78, 5) is 2.32. The highest BCUT2D eigenvalue weighted by Crippen LogP contribution is 2.05. The second kappa shape index (κ2) is 6.92. The second-order valence-corrected chi connectivity index (χ2v) is 2.60. The van der Waals surface area contributed by atoms with Gasteiger partial charge < -0.3 is 5.73 Å². The van der Waals surface area contributed by atoms with Crippen LogP contribution in [0, 0.1) is 0 Å². The lowest BCUT2D eigenvalue weighted by atomic mass is 10.3. The minimum Gasteiger partial charge on any atom is -0.326 e. The summed E-state index contributed by atoms with van der Waals surface area (Å²) in [6.07, 6.45) is 3.08. The van der Waals surface area contributed by atoms with E-state index in [2.05, 4.69) is 11.5 Å². The smallest absolute Gasteiger partial charge is 0.0180 e. The summed E-state index contributed by atoms with van der Waals surface area (Å²) in [5, 5.41) is 0. The molecule has 0 aromatic heterocycles. The molecule has 1 atom stereocenters. The number of nitrogens with two attached hydrogens (primary N) is 1. The zero-order chi connectivity index (χ0) is 6.69. The highest BCUT2D eigenvalue weighted by atomic mass is 35.5. The molecule has 11 heavy (non-hydrogen) atoms. The van der Waals surface area contributed by atoms with Crippen LogP contribution in [0.3, 0.4) is 0 Å². The molecule has 2 N–H and O–H groups in total. The Kier molecular flexibility index (Phi) is 8.68. The number of likely N-dealkylation sites (tertiary alicyclic amines) is 1. The van der Waals surface area contributed by atoms with Gasteiger partial charge in [-0.15, -0.1) is 31.4 Å². The van der Waals surface area contributed by atoms with Crippen molar-refractivity contribution in [2.24, 2.45) is 5.73 Å². The first-order valence-corrected chi connectivity index (χ1v) is 3.42. The molecule has 0 aromatic carbocycles. The van der Waals surface area contributed by atoms with Gasteiger partial charge in [0.25, 0.3) is 0 Å². The lowest BCUT2D eigenvalue weighted by Gasteiger charge is -2.10. The zero-order valence-corrected chi connectivity index (χ0v) is 8.16. The van der Waals surface area contributed by atoms with Gasteiger partial charge in [-0.05, 0) is 6.42 Å². The molecule has 1 saturated heterocycles. The zero-order valence-electron chi connectivity index (χ0n) is 6.53. The molecule has 1 aliphatic rings. The molecule has 1 unspecified atom stereocenters. The fourth-order valence-electron chi connectivity index (χ4n) is 1.21. The van der Waals surface area contributed by atoms with Gasteiger partial charge in [0.1, 0.15) is 0 Å². The van der Waals surface area contributed by atoms with Gasteiger partial charge in [0.2, 0.25) is 0 Å². The molecule has 2 nitrogen and oxygen atoms in total. The first-order valence-electron chi connectivity index (χ1n) is 3.42. The van der Waals surface area contributed by atoms with Crippen molar-refractivity contribution in [2.75, 3.05) is 19.6 Å². The molecule has 1 rings (SSSR count). The van der Waals surface area contributed by atoms with Crippen LogP contribution in [0.1, 0.15) is 6.42 Å². The van der Waals surface area contributed by atoms with E-state index in [1.54, 1.807) is 0 Å². The highest BCUT2D eigenvalue weighted by molar-refractivity contribution is 5.85. The van der Waals surface area contributed by atoms with Crippen LogP contribution < -0.4 is 5.73 Å². The highest BCUT2D eigenvalue weighted by Gasteiger charge is 2.16. The maximum absolute atomic E-state index is 5.68. The van der Waals surface area contributed by atoms with Crippen molar-refractivity contribution < 1.29 is 0 Å². The van der Waals surface area contributed by atoms with Crippen molar-refractivity contribution in [3.8, 4) is 0 Å². The molecule has 68 valence electrons.